The van der Waals surface area contributed by atoms with Crippen LogP contribution in [0.5, 0.6) is 0 Å². The lowest BCUT2D eigenvalue weighted by molar-refractivity contribution is 0.0951. The van der Waals surface area contributed by atoms with Crippen LogP contribution < -0.4 is 5.32 Å². The average molecular weight is 328 g/mol. The molecule has 0 saturated carbocycles. The second-order valence-electron chi connectivity index (χ2n) is 3.44. The zero-order valence-electron chi connectivity index (χ0n) is 8.81. The molecule has 0 unspecified atom stereocenters. The molecule has 2 rings (SSSR count). The third-order valence-corrected chi connectivity index (χ3v) is 4.10. The summed E-state index contributed by atoms with van der Waals surface area (Å²) in [6.07, 6.45) is 0. The number of carbonyl (C=O) groups is 1. The molecule has 1 aromatic carbocycles. The van der Waals surface area contributed by atoms with Crippen LogP contribution >= 0.6 is 39.9 Å². The van der Waals surface area contributed by atoms with Crippen molar-refractivity contribution >= 4 is 45.8 Å². The summed E-state index contributed by atoms with van der Waals surface area (Å²) in [5.41, 5.74) is 0.651. The van der Waals surface area contributed by atoms with E-state index < -0.39 is 0 Å². The molecule has 0 atom stereocenters. The average Bonchev–Trinajstić information content (AvgIpc) is 2.73. The quantitative estimate of drug-likeness (QED) is 0.826. The molecule has 0 bridgehead atoms. The van der Waals surface area contributed by atoms with Crippen LogP contribution in [-0.2, 0) is 6.54 Å². The molecule has 1 heterocycles. The highest BCUT2D eigenvalue weighted by Crippen LogP contribution is 2.21. The third-order valence-electron chi connectivity index (χ3n) is 2.18. The Bertz CT molecular complexity index is 522. The standard InChI is InChI=1S/C12H10BrNOS2/c13-11-6-5-10(17-11)7-14-12(15)8-1-3-9(16)4-2-8/h1-6,16H,7H2,(H,14,15). The largest absolute Gasteiger partial charge is 0.347 e. The van der Waals surface area contributed by atoms with Crippen molar-refractivity contribution in [3.05, 3.63) is 50.6 Å². The van der Waals surface area contributed by atoms with E-state index in [0.717, 1.165) is 13.6 Å². The van der Waals surface area contributed by atoms with Crippen molar-refractivity contribution in [2.45, 2.75) is 11.4 Å². The molecule has 1 N–H and O–H groups in total. The molecule has 0 aliphatic rings. The summed E-state index contributed by atoms with van der Waals surface area (Å²) in [4.78, 5) is 13.8. The van der Waals surface area contributed by atoms with Gasteiger partial charge in [-0.25, -0.2) is 0 Å². The summed E-state index contributed by atoms with van der Waals surface area (Å²) in [5.74, 6) is -0.0668. The number of nitrogens with one attached hydrogen (secondary N) is 1. The van der Waals surface area contributed by atoms with Gasteiger partial charge in [-0.05, 0) is 52.3 Å². The van der Waals surface area contributed by atoms with Gasteiger partial charge in [0.05, 0.1) is 10.3 Å². The minimum Gasteiger partial charge on any atom is -0.347 e. The molecular weight excluding hydrogens is 318 g/mol. The molecule has 1 amide bonds. The molecule has 5 heteroatoms. The van der Waals surface area contributed by atoms with Crippen molar-refractivity contribution in [3.8, 4) is 0 Å². The molecule has 88 valence electrons. The molecule has 0 radical (unpaired) electrons. The van der Waals surface area contributed by atoms with Crippen molar-refractivity contribution in [1.29, 1.82) is 0 Å². The summed E-state index contributed by atoms with van der Waals surface area (Å²) in [7, 11) is 0. The predicted molar refractivity (Wildman–Crippen MR) is 76.9 cm³/mol. The molecule has 0 saturated heterocycles. The SMILES string of the molecule is O=C(NCc1ccc(Br)s1)c1ccc(S)cc1. The number of amides is 1. The minimum atomic E-state index is -0.0668. The van der Waals surface area contributed by atoms with Crippen LogP contribution in [0, 0.1) is 0 Å². The predicted octanol–water partition coefficient (Wildman–Crippen LogP) is 3.73. The van der Waals surface area contributed by atoms with Crippen LogP contribution in [0.1, 0.15) is 15.2 Å². The number of rotatable bonds is 3. The first kappa shape index (κ1) is 12.7. The molecule has 0 fully saturated rings. The molecular formula is C12H10BrNOS2. The summed E-state index contributed by atoms with van der Waals surface area (Å²) >= 11 is 9.18. The van der Waals surface area contributed by atoms with Gasteiger partial charge in [0.25, 0.3) is 5.91 Å². The lowest BCUT2D eigenvalue weighted by Crippen LogP contribution is -2.22. The van der Waals surface area contributed by atoms with E-state index in [4.69, 9.17) is 0 Å². The van der Waals surface area contributed by atoms with Crippen molar-refractivity contribution in [2.75, 3.05) is 0 Å². The maximum Gasteiger partial charge on any atom is 0.251 e. The monoisotopic (exact) mass is 327 g/mol. The number of thiol groups is 1. The normalized spacial score (nSPS) is 10.2. The molecule has 0 aliphatic heterocycles. The van der Waals surface area contributed by atoms with Gasteiger partial charge in [0.15, 0.2) is 0 Å². The lowest BCUT2D eigenvalue weighted by Gasteiger charge is -2.03. The summed E-state index contributed by atoms with van der Waals surface area (Å²) in [6.45, 7) is 0.553. The Morgan fingerprint density at radius 1 is 1.24 bits per heavy atom. The minimum absolute atomic E-state index is 0.0668. The van der Waals surface area contributed by atoms with Crippen LogP contribution in [0.2, 0.25) is 0 Å². The fourth-order valence-corrected chi connectivity index (χ4v) is 2.90. The molecule has 2 nitrogen and oxygen atoms in total. The van der Waals surface area contributed by atoms with E-state index in [1.165, 1.54) is 0 Å². The number of benzene rings is 1. The first-order valence-electron chi connectivity index (χ1n) is 4.96. The molecule has 1 aromatic heterocycles. The van der Waals surface area contributed by atoms with Crippen LogP contribution in [0.15, 0.2) is 45.1 Å². The van der Waals surface area contributed by atoms with Gasteiger partial charge in [-0.2, -0.15) is 0 Å². The first-order chi connectivity index (χ1) is 8.15. The third kappa shape index (κ3) is 3.59. The Labute approximate surface area is 118 Å². The number of thiophene rings is 1. The van der Waals surface area contributed by atoms with E-state index in [9.17, 15) is 4.79 Å². The summed E-state index contributed by atoms with van der Waals surface area (Å²) in [5, 5.41) is 2.87. The first-order valence-corrected chi connectivity index (χ1v) is 7.02. The fourth-order valence-electron chi connectivity index (χ4n) is 1.33. The van der Waals surface area contributed by atoms with Crippen LogP contribution in [0.3, 0.4) is 0 Å². The summed E-state index contributed by atoms with van der Waals surface area (Å²) in [6, 6.07) is 11.1. The summed E-state index contributed by atoms with van der Waals surface area (Å²) < 4.78 is 1.07. The van der Waals surface area contributed by atoms with Crippen LogP contribution in [0.25, 0.3) is 0 Å². The highest BCUT2D eigenvalue weighted by atomic mass is 79.9. The van der Waals surface area contributed by atoms with Gasteiger partial charge >= 0.3 is 0 Å². The second-order valence-corrected chi connectivity index (χ2v) is 6.50. The van der Waals surface area contributed by atoms with Crippen LogP contribution in [-0.4, -0.2) is 5.91 Å². The molecule has 2 aromatic rings. The fraction of sp³-hybridized carbons (Fsp3) is 0.0833. The van der Waals surface area contributed by atoms with Gasteiger partial charge in [-0.1, -0.05) is 0 Å². The zero-order valence-corrected chi connectivity index (χ0v) is 12.1. The number of carbonyl (C=O) groups excluding carboxylic acids is 1. The Morgan fingerprint density at radius 2 is 1.94 bits per heavy atom. The van der Waals surface area contributed by atoms with E-state index in [-0.39, 0.29) is 5.91 Å². The van der Waals surface area contributed by atoms with Gasteiger partial charge < -0.3 is 5.32 Å². The van der Waals surface area contributed by atoms with Crippen molar-refractivity contribution in [1.82, 2.24) is 5.32 Å². The van der Waals surface area contributed by atoms with Crippen molar-refractivity contribution in [2.24, 2.45) is 0 Å². The molecule has 17 heavy (non-hydrogen) atoms. The lowest BCUT2D eigenvalue weighted by atomic mass is 10.2. The topological polar surface area (TPSA) is 29.1 Å². The highest BCUT2D eigenvalue weighted by molar-refractivity contribution is 9.11. The number of halogens is 1. The van der Waals surface area contributed by atoms with Gasteiger partial charge in [-0.15, -0.1) is 24.0 Å². The molecule has 0 aliphatic carbocycles. The zero-order chi connectivity index (χ0) is 12.3. The highest BCUT2D eigenvalue weighted by Gasteiger charge is 2.05. The van der Waals surface area contributed by atoms with E-state index in [2.05, 4.69) is 33.9 Å². The van der Waals surface area contributed by atoms with Crippen LogP contribution in [0.4, 0.5) is 0 Å². The maximum atomic E-state index is 11.8. The van der Waals surface area contributed by atoms with Gasteiger partial charge in [0, 0.05) is 15.3 Å². The van der Waals surface area contributed by atoms with Gasteiger partial charge in [0.1, 0.15) is 0 Å². The second kappa shape index (κ2) is 5.71. The Kier molecular flexibility index (Phi) is 4.25. The Hall–Kier alpha value is -0.780. The van der Waals surface area contributed by atoms with E-state index >= 15 is 0 Å². The number of hydrogen-bond donors (Lipinski definition) is 2. The van der Waals surface area contributed by atoms with E-state index in [1.54, 1.807) is 35.6 Å². The Morgan fingerprint density at radius 3 is 2.53 bits per heavy atom. The van der Waals surface area contributed by atoms with Crippen molar-refractivity contribution < 1.29 is 4.79 Å². The van der Waals surface area contributed by atoms with Crippen molar-refractivity contribution in [3.63, 3.8) is 0 Å². The van der Waals surface area contributed by atoms with Gasteiger partial charge in [0.2, 0.25) is 0 Å². The van der Waals surface area contributed by atoms with E-state index in [0.29, 0.717) is 12.1 Å². The maximum absolute atomic E-state index is 11.8. The Balaban J connectivity index is 1.95. The van der Waals surface area contributed by atoms with Gasteiger partial charge in [-0.3, -0.25) is 4.79 Å². The molecule has 0 spiro atoms. The van der Waals surface area contributed by atoms with E-state index in [1.807, 2.05) is 12.1 Å². The smallest absolute Gasteiger partial charge is 0.251 e. The number of hydrogen-bond acceptors (Lipinski definition) is 3.